The molecule has 1 fully saturated rings. The fraction of sp³-hybridized carbons (Fsp3) is 0.500. The second kappa shape index (κ2) is 5.48. The van der Waals surface area contributed by atoms with Crippen LogP contribution < -0.4 is 5.32 Å². The normalized spacial score (nSPS) is 19.5. The molecule has 0 aromatic carbocycles. The monoisotopic (exact) mass is 258 g/mol. The second-order valence-electron chi connectivity index (χ2n) is 5.12. The van der Waals surface area contributed by atoms with Crippen LogP contribution in [-0.2, 0) is 6.42 Å². The Kier molecular flexibility index (Phi) is 3.55. The molecule has 3 rings (SSSR count). The lowest BCUT2D eigenvalue weighted by Crippen LogP contribution is -2.31. The molecule has 1 aliphatic heterocycles. The van der Waals surface area contributed by atoms with E-state index in [-0.39, 0.29) is 0 Å². The first-order chi connectivity index (χ1) is 9.31. The molecule has 1 N–H and O–H groups in total. The molecule has 2 aromatic heterocycles. The minimum absolute atomic E-state index is 0.587. The lowest BCUT2D eigenvalue weighted by atomic mass is 9.96. The molecule has 100 valence electrons. The molecule has 0 spiro atoms. The van der Waals surface area contributed by atoms with Crippen LogP contribution in [0.3, 0.4) is 0 Å². The van der Waals surface area contributed by atoms with E-state index in [2.05, 4.69) is 20.4 Å². The summed E-state index contributed by atoms with van der Waals surface area (Å²) in [6.07, 6.45) is 5.13. The quantitative estimate of drug-likeness (QED) is 0.912. The molecule has 1 atom stereocenters. The van der Waals surface area contributed by atoms with Crippen LogP contribution in [0, 0.1) is 12.8 Å². The number of nitrogens with zero attached hydrogens (tertiary/aromatic N) is 3. The van der Waals surface area contributed by atoms with Crippen molar-refractivity contribution in [2.24, 2.45) is 5.92 Å². The predicted octanol–water partition coefficient (Wildman–Crippen LogP) is 1.98. The van der Waals surface area contributed by atoms with Gasteiger partial charge in [-0.3, -0.25) is 4.98 Å². The van der Waals surface area contributed by atoms with Crippen molar-refractivity contribution in [1.82, 2.24) is 20.4 Å². The maximum Gasteiger partial charge on any atom is 0.258 e. The van der Waals surface area contributed by atoms with Crippen LogP contribution in [0.1, 0.15) is 24.4 Å². The summed E-state index contributed by atoms with van der Waals surface area (Å²) in [5, 5.41) is 7.49. The molecule has 19 heavy (non-hydrogen) atoms. The van der Waals surface area contributed by atoms with Crippen molar-refractivity contribution < 1.29 is 4.52 Å². The molecule has 5 heteroatoms. The number of piperidine rings is 1. The van der Waals surface area contributed by atoms with Gasteiger partial charge in [-0.15, -0.1) is 0 Å². The molecule has 5 nitrogen and oxygen atoms in total. The zero-order chi connectivity index (χ0) is 13.1. The topological polar surface area (TPSA) is 63.8 Å². The van der Waals surface area contributed by atoms with E-state index in [1.807, 2.05) is 19.1 Å². The third kappa shape index (κ3) is 2.98. The van der Waals surface area contributed by atoms with E-state index in [1.165, 1.54) is 12.8 Å². The largest absolute Gasteiger partial charge is 0.334 e. The number of rotatable bonds is 3. The smallest absolute Gasteiger partial charge is 0.258 e. The van der Waals surface area contributed by atoms with Crippen LogP contribution in [0.5, 0.6) is 0 Å². The Morgan fingerprint density at radius 1 is 1.47 bits per heavy atom. The number of aryl methyl sites for hydroxylation is 1. The van der Waals surface area contributed by atoms with Gasteiger partial charge in [-0.25, -0.2) is 0 Å². The van der Waals surface area contributed by atoms with E-state index in [0.29, 0.717) is 11.8 Å². The minimum atomic E-state index is 0.587. The van der Waals surface area contributed by atoms with E-state index in [4.69, 9.17) is 4.52 Å². The minimum Gasteiger partial charge on any atom is -0.334 e. The number of nitrogens with one attached hydrogen (secondary N) is 1. The van der Waals surface area contributed by atoms with Gasteiger partial charge in [0.25, 0.3) is 5.89 Å². The molecule has 1 aliphatic rings. The summed E-state index contributed by atoms with van der Waals surface area (Å²) >= 11 is 0. The van der Waals surface area contributed by atoms with E-state index in [1.54, 1.807) is 6.20 Å². The van der Waals surface area contributed by atoms with Crippen LogP contribution in [-0.4, -0.2) is 28.2 Å². The zero-order valence-electron chi connectivity index (χ0n) is 11.1. The van der Waals surface area contributed by atoms with Gasteiger partial charge in [0.05, 0.1) is 0 Å². The lowest BCUT2D eigenvalue weighted by Gasteiger charge is -2.20. The first-order valence-electron chi connectivity index (χ1n) is 6.77. The van der Waals surface area contributed by atoms with Crippen molar-refractivity contribution >= 4 is 0 Å². The molecule has 0 bridgehead atoms. The van der Waals surface area contributed by atoms with Gasteiger partial charge in [0.15, 0.2) is 5.82 Å². The van der Waals surface area contributed by atoms with Gasteiger partial charge in [-0.05, 0) is 50.9 Å². The van der Waals surface area contributed by atoms with E-state index < -0.39 is 0 Å². The number of pyridine rings is 1. The van der Waals surface area contributed by atoms with E-state index >= 15 is 0 Å². The molecular formula is C14H18N4O. The molecule has 3 heterocycles. The van der Waals surface area contributed by atoms with E-state index in [9.17, 15) is 0 Å². The van der Waals surface area contributed by atoms with Gasteiger partial charge in [0, 0.05) is 23.9 Å². The van der Waals surface area contributed by atoms with Crippen LogP contribution in [0.2, 0.25) is 0 Å². The van der Waals surface area contributed by atoms with Crippen molar-refractivity contribution in [3.63, 3.8) is 0 Å². The van der Waals surface area contributed by atoms with Gasteiger partial charge in [0.1, 0.15) is 0 Å². The van der Waals surface area contributed by atoms with Gasteiger partial charge < -0.3 is 9.84 Å². The summed E-state index contributed by atoms with van der Waals surface area (Å²) in [7, 11) is 0. The number of hydrogen-bond acceptors (Lipinski definition) is 5. The van der Waals surface area contributed by atoms with Crippen molar-refractivity contribution in [2.75, 3.05) is 13.1 Å². The standard InChI is InChI=1S/C14H18N4O/c1-10-7-12(4-6-16-10)14-17-13(18-19-14)8-11-3-2-5-15-9-11/h4,6-7,11,15H,2-3,5,8-9H2,1H3. The lowest BCUT2D eigenvalue weighted by molar-refractivity contribution is 0.360. The van der Waals surface area contributed by atoms with Gasteiger partial charge in [-0.1, -0.05) is 5.16 Å². The first kappa shape index (κ1) is 12.3. The van der Waals surface area contributed by atoms with Gasteiger partial charge in [0.2, 0.25) is 0 Å². The Morgan fingerprint density at radius 2 is 2.42 bits per heavy atom. The van der Waals surface area contributed by atoms with Crippen molar-refractivity contribution in [1.29, 1.82) is 0 Å². The SMILES string of the molecule is Cc1cc(-c2nc(CC3CCCNC3)no2)ccn1. The highest BCUT2D eigenvalue weighted by Crippen LogP contribution is 2.19. The third-order valence-electron chi connectivity index (χ3n) is 3.48. The third-order valence-corrected chi connectivity index (χ3v) is 3.48. The van der Waals surface area contributed by atoms with Gasteiger partial charge >= 0.3 is 0 Å². The average molecular weight is 258 g/mol. The Balaban J connectivity index is 1.72. The molecule has 2 aromatic rings. The van der Waals surface area contributed by atoms with Crippen LogP contribution in [0.25, 0.3) is 11.5 Å². The van der Waals surface area contributed by atoms with Gasteiger partial charge in [-0.2, -0.15) is 4.98 Å². The molecule has 0 aliphatic carbocycles. The molecule has 1 unspecified atom stereocenters. The predicted molar refractivity (Wildman–Crippen MR) is 71.6 cm³/mol. The number of aromatic nitrogens is 3. The fourth-order valence-corrected chi connectivity index (χ4v) is 2.49. The maximum absolute atomic E-state index is 5.34. The van der Waals surface area contributed by atoms with Crippen LogP contribution >= 0.6 is 0 Å². The number of hydrogen-bond donors (Lipinski definition) is 1. The van der Waals surface area contributed by atoms with E-state index in [0.717, 1.165) is 36.6 Å². The molecule has 0 amide bonds. The molecule has 0 radical (unpaired) electrons. The molecular weight excluding hydrogens is 240 g/mol. The maximum atomic E-state index is 5.34. The van der Waals surface area contributed by atoms with Crippen molar-refractivity contribution in [3.8, 4) is 11.5 Å². The highest BCUT2D eigenvalue weighted by Gasteiger charge is 2.17. The van der Waals surface area contributed by atoms with Crippen molar-refractivity contribution in [2.45, 2.75) is 26.2 Å². The van der Waals surface area contributed by atoms with Crippen molar-refractivity contribution in [3.05, 3.63) is 29.8 Å². The highest BCUT2D eigenvalue weighted by molar-refractivity contribution is 5.52. The summed E-state index contributed by atoms with van der Waals surface area (Å²) < 4.78 is 5.34. The summed E-state index contributed by atoms with van der Waals surface area (Å²) in [4.78, 5) is 8.65. The Bertz CT molecular complexity index is 546. The molecule has 1 saturated heterocycles. The summed E-state index contributed by atoms with van der Waals surface area (Å²) in [6, 6.07) is 3.85. The summed E-state index contributed by atoms with van der Waals surface area (Å²) in [5.74, 6) is 2.01. The summed E-state index contributed by atoms with van der Waals surface area (Å²) in [5.41, 5.74) is 1.89. The highest BCUT2D eigenvalue weighted by atomic mass is 16.5. The van der Waals surface area contributed by atoms with Crippen LogP contribution in [0.15, 0.2) is 22.9 Å². The Hall–Kier alpha value is -1.75. The average Bonchev–Trinajstić information content (AvgIpc) is 2.88. The fourth-order valence-electron chi connectivity index (χ4n) is 2.49. The molecule has 0 saturated carbocycles. The Labute approximate surface area is 112 Å². The second-order valence-corrected chi connectivity index (χ2v) is 5.12. The van der Waals surface area contributed by atoms with Crippen LogP contribution in [0.4, 0.5) is 0 Å². The first-order valence-corrected chi connectivity index (χ1v) is 6.77. The Morgan fingerprint density at radius 3 is 3.21 bits per heavy atom. The zero-order valence-corrected chi connectivity index (χ0v) is 11.1. The summed E-state index contributed by atoms with van der Waals surface area (Å²) in [6.45, 7) is 4.14.